The maximum Gasteiger partial charge on any atom is 0.243 e. The SMILES string of the molecule is O=C(Nc1nc2c(F)cccc2s1)[C@@H]1CCCCN1CC1CCOCC1. The van der Waals surface area contributed by atoms with Crippen LogP contribution in [0.25, 0.3) is 10.2 Å². The summed E-state index contributed by atoms with van der Waals surface area (Å²) < 4.78 is 20.0. The van der Waals surface area contributed by atoms with Gasteiger partial charge < -0.3 is 10.1 Å². The van der Waals surface area contributed by atoms with E-state index < -0.39 is 0 Å². The molecule has 3 heterocycles. The number of hydrogen-bond acceptors (Lipinski definition) is 5. The molecular weight excluding hydrogens is 353 g/mol. The van der Waals surface area contributed by atoms with E-state index in [-0.39, 0.29) is 17.8 Å². The highest BCUT2D eigenvalue weighted by molar-refractivity contribution is 7.22. The van der Waals surface area contributed by atoms with Gasteiger partial charge in [-0.2, -0.15) is 0 Å². The number of rotatable bonds is 4. The van der Waals surface area contributed by atoms with Gasteiger partial charge in [-0.3, -0.25) is 9.69 Å². The summed E-state index contributed by atoms with van der Waals surface area (Å²) in [6.07, 6.45) is 5.22. The maximum atomic E-state index is 13.8. The van der Waals surface area contributed by atoms with Crippen molar-refractivity contribution in [2.45, 2.75) is 38.1 Å². The number of aromatic nitrogens is 1. The molecule has 2 aliphatic heterocycles. The molecule has 2 aromatic rings. The van der Waals surface area contributed by atoms with Crippen LogP contribution in [0.4, 0.5) is 9.52 Å². The number of carbonyl (C=O) groups is 1. The molecule has 0 unspecified atom stereocenters. The van der Waals surface area contributed by atoms with E-state index in [4.69, 9.17) is 4.74 Å². The van der Waals surface area contributed by atoms with Crippen LogP contribution < -0.4 is 5.32 Å². The zero-order valence-corrected chi connectivity index (χ0v) is 15.6. The molecule has 7 heteroatoms. The number of fused-ring (bicyclic) bond motifs is 1. The first-order valence-electron chi connectivity index (χ1n) is 9.38. The minimum absolute atomic E-state index is 0.0174. The normalized spacial score (nSPS) is 22.6. The zero-order chi connectivity index (χ0) is 17.9. The summed E-state index contributed by atoms with van der Waals surface area (Å²) in [5.74, 6) is 0.239. The number of halogens is 1. The molecule has 1 atom stereocenters. The molecular formula is C19H24FN3O2S. The van der Waals surface area contributed by atoms with Crippen molar-refractivity contribution in [3.05, 3.63) is 24.0 Å². The summed E-state index contributed by atoms with van der Waals surface area (Å²) in [5.41, 5.74) is 0.329. The highest BCUT2D eigenvalue weighted by Gasteiger charge is 2.31. The second-order valence-corrected chi connectivity index (χ2v) is 8.19. The topological polar surface area (TPSA) is 54.5 Å². The third-order valence-electron chi connectivity index (χ3n) is 5.35. The average molecular weight is 377 g/mol. The van der Waals surface area contributed by atoms with Crippen LogP contribution in [0.5, 0.6) is 0 Å². The van der Waals surface area contributed by atoms with Crippen molar-refractivity contribution in [3.8, 4) is 0 Å². The number of amides is 1. The highest BCUT2D eigenvalue weighted by atomic mass is 32.1. The van der Waals surface area contributed by atoms with Gasteiger partial charge in [-0.05, 0) is 50.3 Å². The van der Waals surface area contributed by atoms with E-state index >= 15 is 0 Å². The summed E-state index contributed by atoms with van der Waals surface area (Å²) in [7, 11) is 0. The molecule has 5 nitrogen and oxygen atoms in total. The summed E-state index contributed by atoms with van der Waals surface area (Å²) in [5, 5.41) is 3.41. The van der Waals surface area contributed by atoms with Crippen molar-refractivity contribution in [2.75, 3.05) is 31.6 Å². The summed E-state index contributed by atoms with van der Waals surface area (Å²) in [4.78, 5) is 19.5. The molecule has 0 bridgehead atoms. The molecule has 0 radical (unpaired) electrons. The van der Waals surface area contributed by atoms with Gasteiger partial charge in [0.15, 0.2) is 5.13 Å². The number of piperidine rings is 1. The lowest BCUT2D eigenvalue weighted by Crippen LogP contribution is -2.49. The van der Waals surface area contributed by atoms with Gasteiger partial charge in [0.2, 0.25) is 5.91 Å². The van der Waals surface area contributed by atoms with Crippen LogP contribution >= 0.6 is 11.3 Å². The van der Waals surface area contributed by atoms with Gasteiger partial charge in [0.25, 0.3) is 0 Å². The van der Waals surface area contributed by atoms with E-state index in [2.05, 4.69) is 15.2 Å². The Morgan fingerprint density at radius 3 is 2.96 bits per heavy atom. The van der Waals surface area contributed by atoms with Crippen molar-refractivity contribution in [1.82, 2.24) is 9.88 Å². The van der Waals surface area contributed by atoms with Crippen molar-refractivity contribution < 1.29 is 13.9 Å². The molecule has 2 saturated heterocycles. The highest BCUT2D eigenvalue weighted by Crippen LogP contribution is 2.29. The van der Waals surface area contributed by atoms with Gasteiger partial charge in [-0.15, -0.1) is 0 Å². The number of hydrogen-bond donors (Lipinski definition) is 1. The molecule has 1 N–H and O–H groups in total. The number of nitrogens with zero attached hydrogens (tertiary/aromatic N) is 2. The van der Waals surface area contributed by atoms with Crippen LogP contribution in [0, 0.1) is 11.7 Å². The third kappa shape index (κ3) is 3.89. The number of thiazole rings is 1. The van der Waals surface area contributed by atoms with Gasteiger partial charge in [0.1, 0.15) is 11.3 Å². The maximum absolute atomic E-state index is 13.8. The Morgan fingerprint density at radius 1 is 1.31 bits per heavy atom. The lowest BCUT2D eigenvalue weighted by atomic mass is 9.95. The molecule has 0 saturated carbocycles. The van der Waals surface area contributed by atoms with Crippen LogP contribution in [0.2, 0.25) is 0 Å². The van der Waals surface area contributed by atoms with Crippen molar-refractivity contribution in [2.24, 2.45) is 5.92 Å². The van der Waals surface area contributed by atoms with Gasteiger partial charge in [-0.1, -0.05) is 23.8 Å². The van der Waals surface area contributed by atoms with E-state index in [9.17, 15) is 9.18 Å². The molecule has 2 fully saturated rings. The largest absolute Gasteiger partial charge is 0.381 e. The second-order valence-electron chi connectivity index (χ2n) is 7.16. The van der Waals surface area contributed by atoms with Crippen LogP contribution in [0.1, 0.15) is 32.1 Å². The fourth-order valence-electron chi connectivity index (χ4n) is 3.92. The Morgan fingerprint density at radius 2 is 2.15 bits per heavy atom. The predicted molar refractivity (Wildman–Crippen MR) is 101 cm³/mol. The Balaban J connectivity index is 1.44. The summed E-state index contributed by atoms with van der Waals surface area (Å²) >= 11 is 1.32. The van der Waals surface area contributed by atoms with E-state index in [0.29, 0.717) is 16.6 Å². The Hall–Kier alpha value is -1.57. The third-order valence-corrected chi connectivity index (χ3v) is 6.29. The number of ether oxygens (including phenoxy) is 1. The molecule has 1 amide bonds. The number of nitrogens with one attached hydrogen (secondary N) is 1. The summed E-state index contributed by atoms with van der Waals surface area (Å²) in [6.45, 7) is 3.57. The lowest BCUT2D eigenvalue weighted by Gasteiger charge is -2.37. The van der Waals surface area contributed by atoms with Crippen molar-refractivity contribution in [3.63, 3.8) is 0 Å². The van der Waals surface area contributed by atoms with Crippen LogP contribution in [0.15, 0.2) is 18.2 Å². The fourth-order valence-corrected chi connectivity index (χ4v) is 4.81. The van der Waals surface area contributed by atoms with Crippen LogP contribution in [-0.2, 0) is 9.53 Å². The number of likely N-dealkylation sites (tertiary alicyclic amines) is 1. The first-order valence-corrected chi connectivity index (χ1v) is 10.2. The predicted octanol–water partition coefficient (Wildman–Crippen LogP) is 3.66. The number of anilines is 1. The molecule has 2 aliphatic rings. The fraction of sp³-hybridized carbons (Fsp3) is 0.579. The number of carbonyl (C=O) groups excluding carboxylic acids is 1. The van der Waals surface area contributed by atoms with Crippen LogP contribution in [0.3, 0.4) is 0 Å². The minimum atomic E-state index is -0.349. The summed E-state index contributed by atoms with van der Waals surface area (Å²) in [6, 6.07) is 4.76. The quantitative estimate of drug-likeness (QED) is 0.884. The first kappa shape index (κ1) is 17.8. The van der Waals surface area contributed by atoms with Gasteiger partial charge in [-0.25, -0.2) is 9.37 Å². The molecule has 0 aliphatic carbocycles. The van der Waals surface area contributed by atoms with E-state index in [0.717, 1.165) is 63.1 Å². The van der Waals surface area contributed by atoms with E-state index in [1.54, 1.807) is 6.07 Å². The van der Waals surface area contributed by atoms with E-state index in [1.165, 1.54) is 17.4 Å². The molecule has 0 spiro atoms. The minimum Gasteiger partial charge on any atom is -0.381 e. The van der Waals surface area contributed by atoms with Gasteiger partial charge in [0.05, 0.1) is 10.7 Å². The molecule has 1 aromatic carbocycles. The Kier molecular flexibility index (Phi) is 5.47. The standard InChI is InChI=1S/C19H24FN3O2S/c20-14-4-3-6-16-17(14)21-19(26-16)22-18(24)15-5-1-2-9-23(15)12-13-7-10-25-11-8-13/h3-4,6,13,15H,1-2,5,7-12H2,(H,21,22,24)/t15-/m0/s1. The monoisotopic (exact) mass is 377 g/mol. The Labute approximate surface area is 156 Å². The van der Waals surface area contributed by atoms with Crippen LogP contribution in [-0.4, -0.2) is 48.1 Å². The zero-order valence-electron chi connectivity index (χ0n) is 14.7. The molecule has 140 valence electrons. The van der Waals surface area contributed by atoms with Gasteiger partial charge >= 0.3 is 0 Å². The first-order chi connectivity index (χ1) is 12.7. The molecule has 1 aromatic heterocycles. The number of para-hydroxylation sites is 1. The van der Waals surface area contributed by atoms with Crippen molar-refractivity contribution in [1.29, 1.82) is 0 Å². The van der Waals surface area contributed by atoms with E-state index in [1.807, 2.05) is 6.07 Å². The van der Waals surface area contributed by atoms with Crippen molar-refractivity contribution >= 4 is 32.6 Å². The average Bonchev–Trinajstić information content (AvgIpc) is 3.07. The molecule has 26 heavy (non-hydrogen) atoms. The number of benzene rings is 1. The lowest BCUT2D eigenvalue weighted by molar-refractivity contribution is -0.122. The second kappa shape index (κ2) is 7.98. The smallest absolute Gasteiger partial charge is 0.243 e. The molecule has 4 rings (SSSR count). The Bertz CT molecular complexity index is 775. The van der Waals surface area contributed by atoms with Gasteiger partial charge in [0, 0.05) is 19.8 Å².